The van der Waals surface area contributed by atoms with E-state index in [9.17, 15) is 9.59 Å². The zero-order valence-corrected chi connectivity index (χ0v) is 14.0. The van der Waals surface area contributed by atoms with Crippen LogP contribution in [0.15, 0.2) is 24.3 Å². The zero-order valence-electron chi connectivity index (χ0n) is 13.2. The van der Waals surface area contributed by atoms with Gasteiger partial charge in [0.2, 0.25) is 11.8 Å². The Morgan fingerprint density at radius 2 is 1.82 bits per heavy atom. The van der Waals surface area contributed by atoms with Gasteiger partial charge < -0.3 is 16.4 Å². The number of carbonyl (C=O) groups excluding carboxylic acids is 2. The van der Waals surface area contributed by atoms with Crippen molar-refractivity contribution in [2.24, 2.45) is 11.7 Å². The number of halogens is 1. The molecule has 0 aliphatic carbocycles. The third-order valence-electron chi connectivity index (χ3n) is 3.46. The summed E-state index contributed by atoms with van der Waals surface area (Å²) < 4.78 is 0. The molecule has 1 unspecified atom stereocenters. The maximum atomic E-state index is 12.0. The first-order valence-corrected chi connectivity index (χ1v) is 7.81. The van der Waals surface area contributed by atoms with E-state index in [1.807, 2.05) is 32.9 Å². The van der Waals surface area contributed by atoms with Crippen LogP contribution in [-0.4, -0.2) is 24.4 Å². The predicted octanol–water partition coefficient (Wildman–Crippen LogP) is 2.01. The van der Waals surface area contributed by atoms with Gasteiger partial charge in [0.25, 0.3) is 0 Å². The number of hydrogen-bond donors (Lipinski definition) is 3. The highest BCUT2D eigenvalue weighted by Crippen LogP contribution is 2.18. The molecule has 0 aromatic heterocycles. The summed E-state index contributed by atoms with van der Waals surface area (Å²) in [5.74, 6) is -0.531. The van der Waals surface area contributed by atoms with Crippen LogP contribution in [0.25, 0.3) is 0 Å². The molecule has 0 bridgehead atoms. The van der Waals surface area contributed by atoms with Crippen molar-refractivity contribution < 1.29 is 9.59 Å². The summed E-state index contributed by atoms with van der Waals surface area (Å²) in [4.78, 5) is 23.7. The summed E-state index contributed by atoms with van der Waals surface area (Å²) in [6.07, 6.45) is 0.743. The molecule has 4 N–H and O–H groups in total. The molecule has 6 heteroatoms. The Hall–Kier alpha value is -1.59. The highest BCUT2D eigenvalue weighted by molar-refractivity contribution is 6.30. The van der Waals surface area contributed by atoms with Crippen LogP contribution in [0.3, 0.4) is 0 Å². The smallest absolute Gasteiger partial charge is 0.239 e. The number of benzene rings is 1. The molecule has 2 atom stereocenters. The number of hydrogen-bond acceptors (Lipinski definition) is 3. The van der Waals surface area contributed by atoms with Gasteiger partial charge in [-0.25, -0.2) is 0 Å². The Balaban J connectivity index is 2.52. The van der Waals surface area contributed by atoms with Crippen molar-refractivity contribution in [2.75, 3.05) is 6.54 Å². The molecule has 0 fully saturated rings. The number of nitrogens with two attached hydrogens (primary N) is 1. The van der Waals surface area contributed by atoms with E-state index in [4.69, 9.17) is 17.3 Å². The maximum absolute atomic E-state index is 12.0. The van der Waals surface area contributed by atoms with Crippen LogP contribution >= 0.6 is 11.6 Å². The third kappa shape index (κ3) is 5.66. The van der Waals surface area contributed by atoms with Crippen molar-refractivity contribution in [3.05, 3.63) is 34.9 Å². The van der Waals surface area contributed by atoms with Crippen LogP contribution in [0.1, 0.15) is 38.8 Å². The van der Waals surface area contributed by atoms with Crippen LogP contribution in [-0.2, 0) is 9.59 Å². The summed E-state index contributed by atoms with van der Waals surface area (Å²) in [7, 11) is 0. The molecule has 0 saturated heterocycles. The lowest BCUT2D eigenvalue weighted by atomic mass is 10.0. The largest absolute Gasteiger partial charge is 0.348 e. The number of nitrogens with one attached hydrogen (secondary N) is 2. The summed E-state index contributed by atoms with van der Waals surface area (Å²) >= 11 is 5.86. The number of amides is 2. The minimum Gasteiger partial charge on any atom is -0.348 e. The third-order valence-corrected chi connectivity index (χ3v) is 3.71. The molecule has 0 aliphatic rings. The Labute approximate surface area is 136 Å². The molecule has 0 saturated carbocycles. The normalized spacial score (nSPS) is 13.5. The summed E-state index contributed by atoms with van der Waals surface area (Å²) in [5.41, 5.74) is 6.70. The summed E-state index contributed by atoms with van der Waals surface area (Å²) in [5, 5.41) is 6.10. The topological polar surface area (TPSA) is 84.2 Å². The van der Waals surface area contributed by atoms with Crippen LogP contribution in [0.2, 0.25) is 5.02 Å². The Morgan fingerprint density at radius 3 is 2.32 bits per heavy atom. The van der Waals surface area contributed by atoms with E-state index in [2.05, 4.69) is 10.6 Å². The first kappa shape index (κ1) is 18.5. The van der Waals surface area contributed by atoms with E-state index < -0.39 is 6.04 Å². The first-order chi connectivity index (χ1) is 10.3. The molecule has 2 amide bonds. The van der Waals surface area contributed by atoms with Gasteiger partial charge in [-0.1, -0.05) is 44.5 Å². The molecule has 0 radical (unpaired) electrons. The minimum absolute atomic E-state index is 0.0283. The molecule has 1 aromatic carbocycles. The fraction of sp³-hybridized carbons (Fsp3) is 0.500. The van der Waals surface area contributed by atoms with Crippen LogP contribution in [0.5, 0.6) is 0 Å². The number of rotatable bonds is 7. The van der Waals surface area contributed by atoms with Gasteiger partial charge in [0.15, 0.2) is 0 Å². The Morgan fingerprint density at radius 1 is 1.23 bits per heavy atom. The summed E-state index contributed by atoms with van der Waals surface area (Å²) in [6.45, 7) is 5.62. The van der Waals surface area contributed by atoms with Crippen molar-refractivity contribution in [3.8, 4) is 0 Å². The average molecular weight is 326 g/mol. The molecular formula is C16H24ClN3O2. The summed E-state index contributed by atoms with van der Waals surface area (Å²) in [6, 6.07) is 6.62. The van der Waals surface area contributed by atoms with Crippen molar-refractivity contribution in [1.29, 1.82) is 0 Å². The van der Waals surface area contributed by atoms with Gasteiger partial charge in [-0.15, -0.1) is 0 Å². The van der Waals surface area contributed by atoms with Crippen LogP contribution in [0, 0.1) is 5.92 Å². The monoisotopic (exact) mass is 325 g/mol. The average Bonchev–Trinajstić information content (AvgIpc) is 2.50. The molecule has 0 aliphatic heterocycles. The Bertz CT molecular complexity index is 503. The lowest BCUT2D eigenvalue weighted by molar-refractivity contribution is -0.127. The van der Waals surface area contributed by atoms with Crippen molar-refractivity contribution in [1.82, 2.24) is 10.6 Å². The van der Waals surface area contributed by atoms with Gasteiger partial charge in [0, 0.05) is 5.02 Å². The van der Waals surface area contributed by atoms with Gasteiger partial charge in [-0.3, -0.25) is 9.59 Å². The van der Waals surface area contributed by atoms with E-state index in [1.165, 1.54) is 0 Å². The minimum atomic E-state index is -0.606. The molecular weight excluding hydrogens is 302 g/mol. The quantitative estimate of drug-likeness (QED) is 0.717. The molecule has 122 valence electrons. The highest BCUT2D eigenvalue weighted by atomic mass is 35.5. The van der Waals surface area contributed by atoms with E-state index in [-0.39, 0.29) is 30.3 Å². The molecule has 22 heavy (non-hydrogen) atoms. The van der Waals surface area contributed by atoms with Gasteiger partial charge in [-0.05, 0) is 30.0 Å². The maximum Gasteiger partial charge on any atom is 0.239 e. The molecule has 5 nitrogen and oxygen atoms in total. The van der Waals surface area contributed by atoms with Gasteiger partial charge in [0.05, 0.1) is 18.6 Å². The Kier molecular flexibility index (Phi) is 7.35. The van der Waals surface area contributed by atoms with Crippen molar-refractivity contribution in [3.63, 3.8) is 0 Å². The van der Waals surface area contributed by atoms with E-state index >= 15 is 0 Å². The molecule has 0 spiro atoms. The van der Waals surface area contributed by atoms with E-state index in [1.54, 1.807) is 12.1 Å². The van der Waals surface area contributed by atoms with E-state index in [0.717, 1.165) is 12.0 Å². The standard InChI is InChI=1S/C16H24ClN3O2/c1-4-13(11-5-7-12(17)8-6-11)20-14(21)9-19-16(22)15(18)10(2)3/h5-8,10,13,15H,4,9,18H2,1-3H3,(H,19,22)(H,20,21)/t13?,15-/m0/s1. The van der Waals surface area contributed by atoms with Crippen molar-refractivity contribution >= 4 is 23.4 Å². The van der Waals surface area contributed by atoms with E-state index in [0.29, 0.717) is 5.02 Å². The highest BCUT2D eigenvalue weighted by Gasteiger charge is 2.18. The molecule has 1 rings (SSSR count). The van der Waals surface area contributed by atoms with Gasteiger partial charge in [0.1, 0.15) is 0 Å². The second kappa shape index (κ2) is 8.76. The van der Waals surface area contributed by atoms with Gasteiger partial charge >= 0.3 is 0 Å². The first-order valence-electron chi connectivity index (χ1n) is 7.43. The van der Waals surface area contributed by atoms with Gasteiger partial charge in [-0.2, -0.15) is 0 Å². The van der Waals surface area contributed by atoms with Crippen molar-refractivity contribution in [2.45, 2.75) is 39.3 Å². The molecule has 1 aromatic rings. The molecule has 0 heterocycles. The lowest BCUT2D eigenvalue weighted by Crippen LogP contribution is -2.47. The van der Waals surface area contributed by atoms with Crippen LogP contribution < -0.4 is 16.4 Å². The lowest BCUT2D eigenvalue weighted by Gasteiger charge is -2.19. The fourth-order valence-electron chi connectivity index (χ4n) is 1.95. The SMILES string of the molecule is CCC(NC(=O)CNC(=O)[C@@H](N)C(C)C)c1ccc(Cl)cc1. The predicted molar refractivity (Wildman–Crippen MR) is 88.4 cm³/mol. The zero-order chi connectivity index (χ0) is 16.7. The number of carbonyl (C=O) groups is 2. The second-order valence-corrected chi connectivity index (χ2v) is 6.00. The fourth-order valence-corrected chi connectivity index (χ4v) is 2.08. The van der Waals surface area contributed by atoms with Crippen LogP contribution in [0.4, 0.5) is 0 Å². The second-order valence-electron chi connectivity index (χ2n) is 5.57.